The van der Waals surface area contributed by atoms with Crippen LogP contribution in [0, 0.1) is 0 Å². The van der Waals surface area contributed by atoms with Crippen molar-refractivity contribution in [3.63, 3.8) is 0 Å². The Kier molecular flexibility index (Phi) is 4.07. The minimum atomic E-state index is -0.420. The van der Waals surface area contributed by atoms with E-state index in [-0.39, 0.29) is 16.9 Å². The van der Waals surface area contributed by atoms with Crippen molar-refractivity contribution in [3.8, 4) is 0 Å². The molecule has 7 heteroatoms. The number of hydrogen-bond acceptors (Lipinski definition) is 6. The number of nitrogens with one attached hydrogen (secondary N) is 1. The Balaban J connectivity index is 1.43. The summed E-state index contributed by atoms with van der Waals surface area (Å²) in [5.74, 6) is -0.111. The van der Waals surface area contributed by atoms with Crippen LogP contribution in [-0.2, 0) is 11.2 Å². The van der Waals surface area contributed by atoms with Gasteiger partial charge in [-0.1, -0.05) is 36.0 Å². The number of furan rings is 1. The Hall–Kier alpha value is -2.90. The number of hydrogen-bond donors (Lipinski definition) is 1. The van der Waals surface area contributed by atoms with Crippen LogP contribution in [0.15, 0.2) is 59.0 Å². The Bertz CT molecular complexity index is 1240. The normalized spacial score (nSPS) is 16.8. The summed E-state index contributed by atoms with van der Waals surface area (Å²) in [6, 6.07) is 17.0. The third-order valence-electron chi connectivity index (χ3n) is 4.64. The highest BCUT2D eigenvalue weighted by atomic mass is 32.2. The molecule has 2 amide bonds. The number of carbonyl (C=O) groups excluding carboxylic acids is 3. The van der Waals surface area contributed by atoms with Crippen molar-refractivity contribution < 1.29 is 18.8 Å². The number of imide groups is 1. The molecule has 4 aromatic rings. The van der Waals surface area contributed by atoms with Gasteiger partial charge in [-0.15, -0.1) is 11.3 Å². The van der Waals surface area contributed by atoms with E-state index in [1.54, 1.807) is 12.1 Å². The lowest BCUT2D eigenvalue weighted by Crippen LogP contribution is -2.25. The zero-order chi connectivity index (χ0) is 19.3. The first-order valence-electron chi connectivity index (χ1n) is 8.64. The number of thioether (sulfide) groups is 1. The topological polar surface area (TPSA) is 76.4 Å². The van der Waals surface area contributed by atoms with Crippen LogP contribution < -0.4 is 5.32 Å². The van der Waals surface area contributed by atoms with Crippen LogP contribution in [0.4, 0.5) is 4.79 Å². The molecule has 138 valence electrons. The molecule has 0 radical (unpaired) electrons. The summed E-state index contributed by atoms with van der Waals surface area (Å²) in [6.45, 7) is 0. The van der Waals surface area contributed by atoms with Crippen LogP contribution in [0.2, 0.25) is 0 Å². The summed E-state index contributed by atoms with van der Waals surface area (Å²) in [6.07, 6.45) is 0.447. The van der Waals surface area contributed by atoms with E-state index in [1.807, 2.05) is 42.5 Å². The minimum Gasteiger partial charge on any atom is -0.453 e. The van der Waals surface area contributed by atoms with Crippen molar-refractivity contribution in [2.24, 2.45) is 0 Å². The first-order chi connectivity index (χ1) is 13.6. The first-order valence-corrected chi connectivity index (χ1v) is 10.3. The maximum absolute atomic E-state index is 12.9. The number of amides is 2. The van der Waals surface area contributed by atoms with E-state index in [2.05, 4.69) is 5.32 Å². The molecule has 0 aliphatic carbocycles. The summed E-state index contributed by atoms with van der Waals surface area (Å²) < 4.78 is 6.82. The molecule has 28 heavy (non-hydrogen) atoms. The zero-order valence-corrected chi connectivity index (χ0v) is 16.1. The molecule has 1 fully saturated rings. The van der Waals surface area contributed by atoms with Gasteiger partial charge in [0, 0.05) is 10.1 Å². The molecule has 2 aromatic heterocycles. The number of rotatable bonds is 4. The monoisotopic (exact) mass is 407 g/mol. The summed E-state index contributed by atoms with van der Waals surface area (Å²) in [5.41, 5.74) is 1.53. The van der Waals surface area contributed by atoms with Crippen LogP contribution in [-0.4, -0.2) is 22.2 Å². The molecule has 5 rings (SSSR count). The second kappa shape index (κ2) is 6.61. The smallest absolute Gasteiger partial charge is 0.286 e. The molecule has 2 aromatic carbocycles. The molecule has 0 bridgehead atoms. The molecule has 0 spiro atoms. The van der Waals surface area contributed by atoms with E-state index in [4.69, 9.17) is 4.42 Å². The average Bonchev–Trinajstić information content (AvgIpc) is 3.37. The van der Waals surface area contributed by atoms with Crippen LogP contribution in [0.5, 0.6) is 0 Å². The second-order valence-corrected chi connectivity index (χ2v) is 8.81. The number of thiophene rings is 1. The lowest BCUT2D eigenvalue weighted by atomic mass is 10.1. The molecule has 0 saturated carbocycles. The third-order valence-corrected chi connectivity index (χ3v) is 6.74. The molecular weight excluding hydrogens is 394 g/mol. The Morgan fingerprint density at radius 1 is 1.04 bits per heavy atom. The van der Waals surface area contributed by atoms with E-state index >= 15 is 0 Å². The van der Waals surface area contributed by atoms with Crippen molar-refractivity contribution in [2.45, 2.75) is 11.7 Å². The van der Waals surface area contributed by atoms with Gasteiger partial charge in [0.25, 0.3) is 5.24 Å². The lowest BCUT2D eigenvalue weighted by molar-refractivity contribution is -0.118. The molecule has 3 heterocycles. The van der Waals surface area contributed by atoms with E-state index in [9.17, 15) is 14.4 Å². The molecule has 5 nitrogen and oxygen atoms in total. The van der Waals surface area contributed by atoms with Gasteiger partial charge in [-0.2, -0.15) is 0 Å². The number of carbonyl (C=O) groups is 3. The average molecular weight is 407 g/mol. The van der Waals surface area contributed by atoms with Crippen LogP contribution in [0.25, 0.3) is 21.1 Å². The molecule has 1 atom stereocenters. The minimum absolute atomic E-state index is 0.143. The van der Waals surface area contributed by atoms with Crippen LogP contribution in [0.3, 0.4) is 0 Å². The van der Waals surface area contributed by atoms with Gasteiger partial charge in [-0.05, 0) is 47.7 Å². The number of fused-ring (bicyclic) bond motifs is 2. The van der Waals surface area contributed by atoms with Crippen molar-refractivity contribution in [1.82, 2.24) is 5.32 Å². The fraction of sp³-hybridized carbons (Fsp3) is 0.0952. The maximum Gasteiger partial charge on any atom is 0.286 e. The molecule has 1 unspecified atom stereocenters. The second-order valence-electron chi connectivity index (χ2n) is 6.55. The van der Waals surface area contributed by atoms with E-state index in [0.717, 1.165) is 32.8 Å². The van der Waals surface area contributed by atoms with E-state index < -0.39 is 5.25 Å². The highest BCUT2D eigenvalue weighted by molar-refractivity contribution is 8.15. The molecule has 1 aliphatic heterocycles. The van der Waals surface area contributed by atoms with Gasteiger partial charge < -0.3 is 4.42 Å². The Morgan fingerprint density at radius 2 is 1.89 bits per heavy atom. The highest BCUT2D eigenvalue weighted by Crippen LogP contribution is 2.30. The van der Waals surface area contributed by atoms with Gasteiger partial charge in [-0.3, -0.25) is 19.7 Å². The van der Waals surface area contributed by atoms with Gasteiger partial charge in [0.2, 0.25) is 11.7 Å². The maximum atomic E-state index is 12.9. The van der Waals surface area contributed by atoms with Gasteiger partial charge >= 0.3 is 0 Å². The first kappa shape index (κ1) is 17.2. The fourth-order valence-corrected chi connectivity index (χ4v) is 5.16. The summed E-state index contributed by atoms with van der Waals surface area (Å²) in [5, 5.41) is 3.41. The summed E-state index contributed by atoms with van der Waals surface area (Å²) in [7, 11) is 0. The van der Waals surface area contributed by atoms with Crippen molar-refractivity contribution in [1.29, 1.82) is 0 Å². The fourth-order valence-electron chi connectivity index (χ4n) is 3.29. The predicted octanol–water partition coefficient (Wildman–Crippen LogP) is 4.77. The number of benzene rings is 2. The summed E-state index contributed by atoms with van der Waals surface area (Å²) in [4.78, 5) is 36.6. The van der Waals surface area contributed by atoms with Gasteiger partial charge in [0.15, 0.2) is 5.76 Å². The van der Waals surface area contributed by atoms with E-state index in [1.165, 1.54) is 11.3 Å². The third kappa shape index (κ3) is 3.02. The van der Waals surface area contributed by atoms with Crippen molar-refractivity contribution >= 4 is 61.1 Å². The highest BCUT2D eigenvalue weighted by Gasteiger charge is 2.31. The summed E-state index contributed by atoms with van der Waals surface area (Å²) >= 11 is 2.45. The predicted molar refractivity (Wildman–Crippen MR) is 110 cm³/mol. The molecule has 1 saturated heterocycles. The molecule has 1 aliphatic rings. The van der Waals surface area contributed by atoms with Gasteiger partial charge in [0.1, 0.15) is 5.58 Å². The largest absolute Gasteiger partial charge is 0.453 e. The Morgan fingerprint density at radius 3 is 2.68 bits per heavy atom. The number of ketones is 1. The quantitative estimate of drug-likeness (QED) is 0.493. The van der Waals surface area contributed by atoms with Crippen LogP contribution in [0.1, 0.15) is 21.0 Å². The van der Waals surface area contributed by atoms with Crippen LogP contribution >= 0.6 is 23.1 Å². The molecular formula is C21H13NO4S2. The lowest BCUT2D eigenvalue weighted by Gasteiger charge is -2.04. The standard InChI is InChI=1S/C21H13NO4S2/c23-19(17-10-12-3-1-2-4-16(12)27-17)15-9-13-7-11(5-6-14(13)26-15)8-18-20(24)22-21(25)28-18/h1-7,9-10,18H,8H2,(H,22,24,25). The Labute approximate surface area is 167 Å². The van der Waals surface area contributed by atoms with Gasteiger partial charge in [-0.25, -0.2) is 0 Å². The van der Waals surface area contributed by atoms with Crippen molar-refractivity contribution in [3.05, 3.63) is 70.8 Å². The van der Waals surface area contributed by atoms with Gasteiger partial charge in [0.05, 0.1) is 10.1 Å². The van der Waals surface area contributed by atoms with E-state index in [0.29, 0.717) is 22.6 Å². The SMILES string of the molecule is O=C1NC(=O)C(Cc2ccc3oc(C(=O)c4cc5ccccc5s4)cc3c2)S1. The molecule has 1 N–H and O–H groups in total. The zero-order valence-electron chi connectivity index (χ0n) is 14.4. The van der Waals surface area contributed by atoms with Crippen molar-refractivity contribution in [2.75, 3.05) is 0 Å².